The molecule has 0 N–H and O–H groups in total. The van der Waals surface area contributed by atoms with Gasteiger partial charge in [0.1, 0.15) is 10.6 Å². The van der Waals surface area contributed by atoms with Crippen LogP contribution in [0.15, 0.2) is 22.2 Å². The Morgan fingerprint density at radius 1 is 1.50 bits per heavy atom. The lowest BCUT2D eigenvalue weighted by atomic mass is 10.1. The fourth-order valence-corrected chi connectivity index (χ4v) is 2.69. The zero-order valence-electron chi connectivity index (χ0n) is 12.1. The van der Waals surface area contributed by atoms with Crippen molar-refractivity contribution in [1.29, 1.82) is 5.26 Å². The van der Waals surface area contributed by atoms with Crippen molar-refractivity contribution >= 4 is 29.2 Å². The lowest BCUT2D eigenvalue weighted by Gasteiger charge is -2.12. The van der Waals surface area contributed by atoms with Gasteiger partial charge in [-0.05, 0) is 36.3 Å². The van der Waals surface area contributed by atoms with Gasteiger partial charge in [-0.2, -0.15) is 5.26 Å². The molecule has 20 heavy (non-hydrogen) atoms. The van der Waals surface area contributed by atoms with E-state index in [0.29, 0.717) is 0 Å². The maximum absolute atomic E-state index is 12.2. The molecule has 0 aromatic carbocycles. The van der Waals surface area contributed by atoms with Gasteiger partial charge in [-0.3, -0.25) is 4.79 Å². The molecule has 110 valence electrons. The van der Waals surface area contributed by atoms with E-state index in [1.54, 1.807) is 13.0 Å². The van der Waals surface area contributed by atoms with Crippen molar-refractivity contribution in [3.63, 3.8) is 0 Å². The minimum absolute atomic E-state index is 0.0465. The zero-order chi connectivity index (χ0) is 15.5. The van der Waals surface area contributed by atoms with Gasteiger partial charge in [0, 0.05) is 0 Å². The second kappa shape index (κ2) is 6.65. The van der Waals surface area contributed by atoms with Crippen LogP contribution in [0, 0.1) is 28.6 Å². The lowest BCUT2D eigenvalue weighted by Crippen LogP contribution is -2.20. The highest BCUT2D eigenvalue weighted by Crippen LogP contribution is 2.60. The van der Waals surface area contributed by atoms with E-state index in [2.05, 4.69) is 0 Å². The molecule has 1 rings (SSSR count). The summed E-state index contributed by atoms with van der Waals surface area (Å²) in [6.45, 7) is 7.66. The number of ether oxygens (including phenoxy) is 1. The summed E-state index contributed by atoms with van der Waals surface area (Å²) in [7, 11) is 0. The number of hydrogen-bond acceptors (Lipinski definition) is 3. The number of nitriles is 1. The summed E-state index contributed by atoms with van der Waals surface area (Å²) in [6, 6.07) is 2.00. The highest BCUT2D eigenvalue weighted by molar-refractivity contribution is 6.55. The summed E-state index contributed by atoms with van der Waals surface area (Å²) in [5, 5.41) is 9.09. The van der Waals surface area contributed by atoms with Gasteiger partial charge in [0.15, 0.2) is 0 Å². The van der Waals surface area contributed by atoms with Crippen LogP contribution in [-0.2, 0) is 9.53 Å². The normalized spacial score (nSPS) is 25.4. The number of rotatable bonds is 5. The summed E-state index contributed by atoms with van der Waals surface area (Å²) in [5.74, 6) is -0.726. The van der Waals surface area contributed by atoms with Gasteiger partial charge < -0.3 is 4.74 Å². The summed E-state index contributed by atoms with van der Waals surface area (Å²) >= 11 is 11.3. The van der Waals surface area contributed by atoms with Crippen molar-refractivity contribution in [2.24, 2.45) is 17.3 Å². The smallest absolute Gasteiger partial charge is 0.311 e. The largest absolute Gasteiger partial charge is 0.442 e. The second-order valence-corrected chi connectivity index (χ2v) is 6.59. The van der Waals surface area contributed by atoms with Crippen LogP contribution in [0.4, 0.5) is 0 Å². The summed E-state index contributed by atoms with van der Waals surface area (Å²) in [4.78, 5) is 12.2. The fraction of sp³-hybridized carbons (Fsp3) is 0.600. The molecular formula is C15H19Cl2NO2. The second-order valence-electron chi connectivity index (χ2n) is 5.58. The molecular weight excluding hydrogens is 297 g/mol. The third kappa shape index (κ3) is 3.77. The molecule has 1 aliphatic rings. The summed E-state index contributed by atoms with van der Waals surface area (Å²) in [6.07, 6.45) is 3.51. The standard InChI is InChI=1S/C15H19Cl2NO2/c1-5-6-9(2)11(8-18)20-14(19)13-10(7-12(16)17)15(13,3)4/h6-7,10-11,13H,5H2,1-4H3/b9-6+. The number of carbonyl (C=O) groups excluding carboxylic acids is 1. The maximum atomic E-state index is 12.2. The van der Waals surface area contributed by atoms with Crippen molar-refractivity contribution in [2.45, 2.75) is 40.2 Å². The Bertz CT molecular complexity index is 485. The van der Waals surface area contributed by atoms with Crippen LogP contribution in [0.2, 0.25) is 0 Å². The molecule has 0 aromatic heterocycles. The van der Waals surface area contributed by atoms with Crippen molar-refractivity contribution in [2.75, 3.05) is 0 Å². The van der Waals surface area contributed by atoms with Crippen molar-refractivity contribution in [1.82, 2.24) is 0 Å². The lowest BCUT2D eigenvalue weighted by molar-refractivity contribution is -0.147. The van der Waals surface area contributed by atoms with E-state index in [0.717, 1.165) is 12.0 Å². The van der Waals surface area contributed by atoms with E-state index in [-0.39, 0.29) is 27.7 Å². The van der Waals surface area contributed by atoms with Gasteiger partial charge in [0.25, 0.3) is 0 Å². The summed E-state index contributed by atoms with van der Waals surface area (Å²) in [5.41, 5.74) is 0.512. The molecule has 0 heterocycles. The fourth-order valence-electron chi connectivity index (χ4n) is 2.41. The number of nitrogens with zero attached hydrogens (tertiary/aromatic N) is 1. The van der Waals surface area contributed by atoms with Gasteiger partial charge >= 0.3 is 5.97 Å². The van der Waals surface area contributed by atoms with Crippen LogP contribution in [0.3, 0.4) is 0 Å². The van der Waals surface area contributed by atoms with Crippen molar-refractivity contribution < 1.29 is 9.53 Å². The molecule has 0 radical (unpaired) electrons. The molecule has 3 nitrogen and oxygen atoms in total. The first kappa shape index (κ1) is 17.1. The molecule has 5 heteroatoms. The van der Waals surface area contributed by atoms with Crippen LogP contribution >= 0.6 is 23.2 Å². The first-order chi connectivity index (χ1) is 9.25. The molecule has 0 amide bonds. The minimum Gasteiger partial charge on any atom is -0.442 e. The monoisotopic (exact) mass is 315 g/mol. The van der Waals surface area contributed by atoms with Crippen molar-refractivity contribution in [3.8, 4) is 6.07 Å². The molecule has 1 aliphatic carbocycles. The molecule has 0 saturated heterocycles. The Morgan fingerprint density at radius 2 is 2.10 bits per heavy atom. The van der Waals surface area contributed by atoms with E-state index in [4.69, 9.17) is 33.2 Å². The number of hydrogen-bond donors (Lipinski definition) is 0. The zero-order valence-corrected chi connectivity index (χ0v) is 13.6. The van der Waals surface area contributed by atoms with Gasteiger partial charge in [-0.25, -0.2) is 0 Å². The van der Waals surface area contributed by atoms with E-state index in [9.17, 15) is 4.79 Å². The maximum Gasteiger partial charge on any atom is 0.311 e. The van der Waals surface area contributed by atoms with Gasteiger partial charge in [-0.15, -0.1) is 0 Å². The Hall–Kier alpha value is -0.980. The molecule has 3 atom stereocenters. The highest BCUT2D eigenvalue weighted by atomic mass is 35.5. The Labute approximate surface area is 130 Å². The van der Waals surface area contributed by atoms with Crippen molar-refractivity contribution in [3.05, 3.63) is 22.2 Å². The Kier molecular flexibility index (Phi) is 5.68. The molecule has 3 unspecified atom stereocenters. The van der Waals surface area contributed by atoms with Gasteiger partial charge in [-0.1, -0.05) is 50.0 Å². The van der Waals surface area contributed by atoms with Crippen LogP contribution < -0.4 is 0 Å². The van der Waals surface area contributed by atoms with Gasteiger partial charge in [0.2, 0.25) is 6.10 Å². The highest BCUT2D eigenvalue weighted by Gasteiger charge is 2.61. The third-order valence-corrected chi connectivity index (χ3v) is 4.01. The average molecular weight is 316 g/mol. The van der Waals surface area contributed by atoms with E-state index in [1.165, 1.54) is 0 Å². The van der Waals surface area contributed by atoms with E-state index < -0.39 is 6.10 Å². The molecule has 1 fully saturated rings. The van der Waals surface area contributed by atoms with E-state index >= 15 is 0 Å². The van der Waals surface area contributed by atoms with Crippen LogP contribution in [0.25, 0.3) is 0 Å². The SMILES string of the molecule is CC/C=C(\C)C(C#N)OC(=O)C1C(C=C(Cl)Cl)C1(C)C. The number of halogens is 2. The van der Waals surface area contributed by atoms with Crippen LogP contribution in [0.5, 0.6) is 0 Å². The Balaban J connectivity index is 2.76. The molecule has 0 bridgehead atoms. The summed E-state index contributed by atoms with van der Waals surface area (Å²) < 4.78 is 5.45. The average Bonchev–Trinajstić information content (AvgIpc) is 2.86. The van der Waals surface area contributed by atoms with Crippen LogP contribution in [0.1, 0.15) is 34.1 Å². The number of carbonyl (C=O) groups is 1. The minimum atomic E-state index is -0.824. The Morgan fingerprint density at radius 3 is 2.55 bits per heavy atom. The third-order valence-electron chi connectivity index (χ3n) is 3.76. The predicted octanol–water partition coefficient (Wildman–Crippen LogP) is 4.37. The van der Waals surface area contributed by atoms with Crippen LogP contribution in [-0.4, -0.2) is 12.1 Å². The predicted molar refractivity (Wildman–Crippen MR) is 80.1 cm³/mol. The number of allylic oxidation sites excluding steroid dienone is 2. The molecule has 0 spiro atoms. The molecule has 0 aromatic rings. The first-order valence-electron chi connectivity index (χ1n) is 6.55. The van der Waals surface area contributed by atoms with E-state index in [1.807, 2.05) is 32.9 Å². The number of esters is 1. The molecule has 0 aliphatic heterocycles. The first-order valence-corrected chi connectivity index (χ1v) is 7.30. The molecule has 1 saturated carbocycles. The quantitative estimate of drug-likeness (QED) is 0.559. The topological polar surface area (TPSA) is 50.1 Å². The van der Waals surface area contributed by atoms with Gasteiger partial charge in [0.05, 0.1) is 5.92 Å².